The summed E-state index contributed by atoms with van der Waals surface area (Å²) in [6.07, 6.45) is 3.92. The summed E-state index contributed by atoms with van der Waals surface area (Å²) in [4.78, 5) is 25.5. The van der Waals surface area contributed by atoms with Crippen LogP contribution in [0.15, 0.2) is 0 Å². The Morgan fingerprint density at radius 3 is 2.45 bits per heavy atom. The number of hydrogen-bond acceptors (Lipinski definition) is 6. The topological polar surface area (TPSA) is 109 Å². The van der Waals surface area contributed by atoms with Crippen molar-refractivity contribution in [3.8, 4) is 0 Å². The Balaban J connectivity index is 1.25. The van der Waals surface area contributed by atoms with Crippen molar-refractivity contribution < 1.29 is 28.6 Å². The van der Waals surface area contributed by atoms with Crippen LogP contribution < -0.4 is 16.0 Å². The molecule has 0 aromatic carbocycles. The fourth-order valence-corrected chi connectivity index (χ4v) is 6.20. The highest BCUT2D eigenvalue weighted by molar-refractivity contribution is 6.21. The first-order valence-electron chi connectivity index (χ1n) is 12.2. The molecule has 6 atom stereocenters. The summed E-state index contributed by atoms with van der Waals surface area (Å²) in [6, 6.07) is -0.244. The van der Waals surface area contributed by atoms with Crippen LogP contribution in [0.5, 0.6) is 0 Å². The summed E-state index contributed by atoms with van der Waals surface area (Å²) in [7, 11) is 1.68. The Kier molecular flexibility index (Phi) is 7.85. The van der Waals surface area contributed by atoms with E-state index >= 15 is 0 Å². The Bertz CT molecular complexity index is 712. The van der Waals surface area contributed by atoms with Gasteiger partial charge in [0.25, 0.3) is 0 Å². The highest BCUT2D eigenvalue weighted by Gasteiger charge is 2.55. The third-order valence-corrected chi connectivity index (χ3v) is 8.70. The van der Waals surface area contributed by atoms with Gasteiger partial charge in [0, 0.05) is 25.6 Å². The fourth-order valence-electron chi connectivity index (χ4n) is 5.97. The molecule has 0 radical (unpaired) electrons. The Labute approximate surface area is 199 Å². The number of hydrogen-bond donors (Lipinski definition) is 4. The molecule has 10 heteroatoms. The van der Waals surface area contributed by atoms with Crippen LogP contribution >= 0.6 is 11.6 Å². The summed E-state index contributed by atoms with van der Waals surface area (Å²) in [5.74, 6) is -0.323. The molecule has 33 heavy (non-hydrogen) atoms. The number of ether oxygens (including phenoxy) is 2. The van der Waals surface area contributed by atoms with Crippen molar-refractivity contribution in [2.45, 2.75) is 111 Å². The van der Waals surface area contributed by atoms with Gasteiger partial charge in [0.2, 0.25) is 11.8 Å². The van der Waals surface area contributed by atoms with Crippen LogP contribution in [0.3, 0.4) is 0 Å². The normalized spacial score (nSPS) is 43.2. The summed E-state index contributed by atoms with van der Waals surface area (Å²) < 4.78 is 24.8. The summed E-state index contributed by atoms with van der Waals surface area (Å²) in [5, 5.41) is 19.9. The molecule has 0 spiro atoms. The molecule has 2 bridgehead atoms. The molecule has 1 saturated heterocycles. The van der Waals surface area contributed by atoms with Crippen molar-refractivity contribution in [2.75, 3.05) is 20.3 Å². The lowest BCUT2D eigenvalue weighted by molar-refractivity contribution is -0.140. The molecule has 0 aromatic heterocycles. The molecule has 1 aliphatic heterocycles. The van der Waals surface area contributed by atoms with E-state index in [0.29, 0.717) is 51.5 Å². The van der Waals surface area contributed by atoms with Gasteiger partial charge < -0.3 is 30.5 Å². The number of piperidine rings is 1. The minimum Gasteiger partial charge on any atom is -0.391 e. The average Bonchev–Trinajstić information content (AvgIpc) is 2.81. The first-order valence-corrected chi connectivity index (χ1v) is 12.6. The second-order valence-electron chi connectivity index (χ2n) is 10.4. The van der Waals surface area contributed by atoms with E-state index in [-0.39, 0.29) is 43.1 Å². The Morgan fingerprint density at radius 2 is 1.85 bits per heavy atom. The second kappa shape index (κ2) is 10.3. The van der Waals surface area contributed by atoms with Crippen molar-refractivity contribution in [1.29, 1.82) is 0 Å². The van der Waals surface area contributed by atoms with E-state index in [0.717, 1.165) is 12.8 Å². The van der Waals surface area contributed by atoms with E-state index < -0.39 is 28.7 Å². The number of nitrogens with one attached hydrogen (secondary N) is 3. The van der Waals surface area contributed by atoms with Crippen LogP contribution in [0.4, 0.5) is 4.39 Å². The maximum Gasteiger partial charge on any atom is 0.246 e. The summed E-state index contributed by atoms with van der Waals surface area (Å²) in [5.41, 5.74) is -1.13. The van der Waals surface area contributed by atoms with E-state index in [4.69, 9.17) is 21.1 Å². The quantitative estimate of drug-likeness (QED) is 0.402. The van der Waals surface area contributed by atoms with Crippen LogP contribution in [-0.4, -0.2) is 84.2 Å². The first-order chi connectivity index (χ1) is 15.7. The second-order valence-corrected chi connectivity index (χ2v) is 10.9. The molecule has 4 aliphatic carbocycles. The van der Waals surface area contributed by atoms with Gasteiger partial charge in [-0.05, 0) is 57.8 Å². The molecule has 4 N–H and O–H groups in total. The molecule has 2 amide bonds. The third-order valence-electron chi connectivity index (χ3n) is 8.21. The highest BCUT2D eigenvalue weighted by atomic mass is 35.5. The van der Waals surface area contributed by atoms with Crippen LogP contribution in [0.1, 0.15) is 64.2 Å². The lowest BCUT2D eigenvalue weighted by Crippen LogP contribution is -2.71. The predicted molar refractivity (Wildman–Crippen MR) is 121 cm³/mol. The van der Waals surface area contributed by atoms with Gasteiger partial charge in [-0.1, -0.05) is 0 Å². The van der Waals surface area contributed by atoms with Gasteiger partial charge in [0.1, 0.15) is 12.8 Å². The largest absolute Gasteiger partial charge is 0.391 e. The van der Waals surface area contributed by atoms with Crippen molar-refractivity contribution in [3.63, 3.8) is 0 Å². The number of aliphatic hydroxyl groups excluding tert-OH is 1. The average molecular weight is 490 g/mol. The van der Waals surface area contributed by atoms with Gasteiger partial charge >= 0.3 is 0 Å². The monoisotopic (exact) mass is 489 g/mol. The number of alkyl halides is 2. The number of amides is 2. The summed E-state index contributed by atoms with van der Waals surface area (Å²) in [6.45, 7) is 0.497. The van der Waals surface area contributed by atoms with E-state index in [9.17, 15) is 19.1 Å². The van der Waals surface area contributed by atoms with Gasteiger partial charge in [-0.3, -0.25) is 9.59 Å². The van der Waals surface area contributed by atoms with Gasteiger partial charge in [-0.2, -0.15) is 0 Å². The molecule has 6 unspecified atom stereocenters. The zero-order chi connectivity index (χ0) is 23.6. The SMILES string of the molecule is COC1CCC(C(=O)NC23CCC(NC(=O)COC4CCC(Cl)C(F)C4)(CC2)C(O)C3)NC1. The van der Waals surface area contributed by atoms with Crippen LogP contribution in [0, 0.1) is 0 Å². The zero-order valence-electron chi connectivity index (χ0n) is 19.3. The first kappa shape index (κ1) is 25.1. The molecular formula is C23H37ClFN3O5. The van der Waals surface area contributed by atoms with E-state index in [1.807, 2.05) is 0 Å². The lowest BCUT2D eigenvalue weighted by Gasteiger charge is -2.56. The van der Waals surface area contributed by atoms with Crippen molar-refractivity contribution in [1.82, 2.24) is 16.0 Å². The number of rotatable bonds is 7. The van der Waals surface area contributed by atoms with Crippen molar-refractivity contribution in [2.24, 2.45) is 0 Å². The van der Waals surface area contributed by atoms with Crippen LogP contribution in [0.2, 0.25) is 0 Å². The number of carbonyl (C=O) groups is 2. The number of carbonyl (C=O) groups excluding carboxylic acids is 2. The van der Waals surface area contributed by atoms with Gasteiger partial charge in [-0.15, -0.1) is 11.6 Å². The maximum atomic E-state index is 13.8. The minimum absolute atomic E-state index is 0.0265. The molecule has 5 rings (SSSR count). The predicted octanol–water partition coefficient (Wildman–Crippen LogP) is 1.32. The van der Waals surface area contributed by atoms with Gasteiger partial charge in [-0.25, -0.2) is 4.39 Å². The Morgan fingerprint density at radius 1 is 1.12 bits per heavy atom. The summed E-state index contributed by atoms with van der Waals surface area (Å²) >= 11 is 5.91. The molecule has 5 fully saturated rings. The van der Waals surface area contributed by atoms with E-state index in [2.05, 4.69) is 16.0 Å². The molecule has 1 heterocycles. The third kappa shape index (κ3) is 5.64. The van der Waals surface area contributed by atoms with Crippen LogP contribution in [0.25, 0.3) is 0 Å². The van der Waals surface area contributed by atoms with Crippen molar-refractivity contribution in [3.05, 3.63) is 0 Å². The molecule has 5 aliphatic rings. The molecule has 8 nitrogen and oxygen atoms in total. The highest BCUT2D eigenvalue weighted by Crippen LogP contribution is 2.47. The lowest BCUT2D eigenvalue weighted by atomic mass is 9.59. The van der Waals surface area contributed by atoms with Gasteiger partial charge in [0.15, 0.2) is 0 Å². The van der Waals surface area contributed by atoms with Crippen LogP contribution in [-0.2, 0) is 19.1 Å². The smallest absolute Gasteiger partial charge is 0.246 e. The number of methoxy groups -OCH3 is 1. The fraction of sp³-hybridized carbons (Fsp3) is 0.913. The van der Waals surface area contributed by atoms with Gasteiger partial charge in [0.05, 0.1) is 35.3 Å². The number of fused-ring (bicyclic) bond motifs is 3. The molecular weight excluding hydrogens is 453 g/mol. The molecule has 188 valence electrons. The molecule has 0 aromatic rings. The number of aliphatic hydroxyl groups is 1. The van der Waals surface area contributed by atoms with E-state index in [1.54, 1.807) is 7.11 Å². The number of halogens is 2. The van der Waals surface area contributed by atoms with E-state index in [1.165, 1.54) is 0 Å². The Hall–Kier alpha value is -1.00. The standard InChI is InChI=1S/C23H37ClFN3O5/c1-32-15-3-5-18(26-12-15)21(31)28-22-6-8-23(9-7-22,19(29)11-22)27-20(30)13-33-14-2-4-16(24)17(25)10-14/h14-19,26,29H,2-13H2,1H3,(H,27,30)(H,28,31). The minimum atomic E-state index is -1.11. The van der Waals surface area contributed by atoms with Crippen molar-refractivity contribution >= 4 is 23.4 Å². The zero-order valence-corrected chi connectivity index (χ0v) is 20.0. The molecule has 4 saturated carbocycles. The maximum absolute atomic E-state index is 13.8.